The van der Waals surface area contributed by atoms with Gasteiger partial charge in [0.1, 0.15) is 0 Å². The molecule has 72 valence electrons. The van der Waals surface area contributed by atoms with E-state index in [1.165, 1.54) is 39.0 Å². The Kier molecular flexibility index (Phi) is 6.70. The Hall–Kier alpha value is -0.610. The fourth-order valence-corrected chi connectivity index (χ4v) is 1.13. The van der Waals surface area contributed by atoms with Crippen LogP contribution in [0, 0.1) is 0 Å². The van der Waals surface area contributed by atoms with Gasteiger partial charge in [-0.15, -0.1) is 0 Å². The Labute approximate surface area is 73.2 Å². The van der Waals surface area contributed by atoms with E-state index in [1.54, 1.807) is 0 Å². The molecule has 0 atom stereocenters. The van der Waals surface area contributed by atoms with Crippen LogP contribution < -0.4 is 11.6 Å². The van der Waals surface area contributed by atoms with Gasteiger partial charge in [0.05, 0.1) is 0 Å². The van der Waals surface area contributed by atoms with Crippen LogP contribution in [0.3, 0.4) is 0 Å². The van der Waals surface area contributed by atoms with Crippen molar-refractivity contribution in [2.75, 3.05) is 0 Å². The minimum atomic E-state index is -0.468. The van der Waals surface area contributed by atoms with Crippen molar-refractivity contribution < 1.29 is 9.63 Å². The largest absolute Gasteiger partial charge is 0.374 e. The van der Waals surface area contributed by atoms with E-state index in [1.807, 2.05) is 0 Å². The van der Waals surface area contributed by atoms with Crippen LogP contribution in [0.1, 0.15) is 39.0 Å². The molecule has 1 aliphatic carbocycles. The van der Waals surface area contributed by atoms with Crippen molar-refractivity contribution >= 4 is 5.97 Å². The highest BCUT2D eigenvalue weighted by atomic mass is 16.7. The Morgan fingerprint density at radius 3 is 1.92 bits per heavy atom. The van der Waals surface area contributed by atoms with Gasteiger partial charge < -0.3 is 10.6 Å². The molecule has 1 aliphatic rings. The molecule has 1 rings (SSSR count). The summed E-state index contributed by atoms with van der Waals surface area (Å²) >= 11 is 0. The smallest absolute Gasteiger partial charge is 0.321 e. The number of nitrogens with two attached hydrogens (primary N) is 2. The van der Waals surface area contributed by atoms with Gasteiger partial charge in [0.2, 0.25) is 0 Å². The molecule has 0 bridgehead atoms. The number of rotatable bonds is 0. The van der Waals surface area contributed by atoms with E-state index in [-0.39, 0.29) is 0 Å². The van der Waals surface area contributed by atoms with Crippen molar-refractivity contribution in [2.45, 2.75) is 45.1 Å². The van der Waals surface area contributed by atoms with Gasteiger partial charge in [0.25, 0.3) is 0 Å². The van der Waals surface area contributed by atoms with E-state index in [4.69, 9.17) is 5.73 Å². The first kappa shape index (κ1) is 11.4. The average Bonchev–Trinajstić information content (AvgIpc) is 2.07. The minimum absolute atomic E-state index is 0.468. The first-order valence-corrected chi connectivity index (χ1v) is 4.29. The zero-order valence-electron chi connectivity index (χ0n) is 7.58. The summed E-state index contributed by atoms with van der Waals surface area (Å²) in [6.45, 7) is 1.24. The normalized spacial score (nSPS) is 17.6. The van der Waals surface area contributed by atoms with Gasteiger partial charge in [-0.3, -0.25) is 4.79 Å². The summed E-state index contributed by atoms with van der Waals surface area (Å²) in [4.78, 5) is 13.1. The summed E-state index contributed by atoms with van der Waals surface area (Å²) in [6, 6.07) is 0.536. The average molecular weight is 174 g/mol. The summed E-state index contributed by atoms with van der Waals surface area (Å²) in [5, 5.41) is 0. The highest BCUT2D eigenvalue weighted by Crippen LogP contribution is 2.14. The van der Waals surface area contributed by atoms with Gasteiger partial charge in [0.15, 0.2) is 0 Å². The number of hydrogen-bond donors (Lipinski definition) is 2. The third-order valence-corrected chi connectivity index (χ3v) is 1.82. The molecular formula is C8H18N2O2. The molecule has 4 heteroatoms. The second-order valence-electron chi connectivity index (χ2n) is 3.01. The van der Waals surface area contributed by atoms with Crippen LogP contribution >= 0.6 is 0 Å². The van der Waals surface area contributed by atoms with Gasteiger partial charge >= 0.3 is 5.97 Å². The van der Waals surface area contributed by atoms with Crippen LogP contribution in [0.4, 0.5) is 0 Å². The number of hydrogen-bond acceptors (Lipinski definition) is 4. The van der Waals surface area contributed by atoms with Crippen molar-refractivity contribution in [1.82, 2.24) is 0 Å². The van der Waals surface area contributed by atoms with Crippen LogP contribution in [0.25, 0.3) is 0 Å². The van der Waals surface area contributed by atoms with Crippen LogP contribution in [0.5, 0.6) is 0 Å². The lowest BCUT2D eigenvalue weighted by Crippen LogP contribution is -2.22. The zero-order valence-corrected chi connectivity index (χ0v) is 7.58. The summed E-state index contributed by atoms with van der Waals surface area (Å²) in [5.41, 5.74) is 5.63. The molecule has 0 aromatic heterocycles. The van der Waals surface area contributed by atoms with Gasteiger partial charge in [-0.05, 0) is 12.8 Å². The molecule has 4 N–H and O–H groups in total. The maximum Gasteiger partial charge on any atom is 0.321 e. The second kappa shape index (κ2) is 7.06. The summed E-state index contributed by atoms with van der Waals surface area (Å²) in [6.07, 6.45) is 6.66. The van der Waals surface area contributed by atoms with E-state index < -0.39 is 5.97 Å². The molecule has 0 radical (unpaired) electrons. The number of carbonyl (C=O) groups excluding carboxylic acids is 1. The SMILES string of the molecule is CC(=O)ON.NC1CCCCC1. The van der Waals surface area contributed by atoms with Gasteiger partial charge in [-0.1, -0.05) is 19.3 Å². The molecule has 4 nitrogen and oxygen atoms in total. The molecular weight excluding hydrogens is 156 g/mol. The standard InChI is InChI=1S/C6H13N.C2H5NO2/c7-6-4-2-1-3-5-6;1-2(4)5-3/h6H,1-5,7H2;3H2,1H3. The fraction of sp³-hybridized carbons (Fsp3) is 0.875. The lowest BCUT2D eigenvalue weighted by atomic mass is 9.97. The highest BCUT2D eigenvalue weighted by molar-refractivity contribution is 5.65. The van der Waals surface area contributed by atoms with Crippen molar-refractivity contribution in [3.63, 3.8) is 0 Å². The fourth-order valence-electron chi connectivity index (χ4n) is 1.13. The Morgan fingerprint density at radius 2 is 1.75 bits per heavy atom. The van der Waals surface area contributed by atoms with Gasteiger partial charge in [0, 0.05) is 13.0 Å². The number of carbonyl (C=O) groups is 1. The lowest BCUT2D eigenvalue weighted by Gasteiger charge is -2.15. The molecule has 0 unspecified atom stereocenters. The molecule has 1 fully saturated rings. The van der Waals surface area contributed by atoms with Crippen molar-refractivity contribution in [3.05, 3.63) is 0 Å². The quantitative estimate of drug-likeness (QED) is 0.530. The molecule has 1 saturated carbocycles. The van der Waals surface area contributed by atoms with Gasteiger partial charge in [-0.25, -0.2) is 0 Å². The van der Waals surface area contributed by atoms with Crippen LogP contribution in [-0.2, 0) is 9.63 Å². The molecule has 0 heterocycles. The molecule has 0 aromatic carbocycles. The Balaban J connectivity index is 0.000000217. The molecule has 12 heavy (non-hydrogen) atoms. The van der Waals surface area contributed by atoms with E-state index in [2.05, 4.69) is 10.7 Å². The highest BCUT2D eigenvalue weighted by Gasteiger charge is 2.06. The predicted molar refractivity (Wildman–Crippen MR) is 47.0 cm³/mol. The summed E-state index contributed by atoms with van der Waals surface area (Å²) in [5.74, 6) is 3.85. The monoisotopic (exact) mass is 174 g/mol. The first-order chi connectivity index (χ1) is 5.66. The summed E-state index contributed by atoms with van der Waals surface area (Å²) in [7, 11) is 0. The van der Waals surface area contributed by atoms with E-state index in [0.717, 1.165) is 0 Å². The zero-order chi connectivity index (χ0) is 9.40. The molecule has 0 amide bonds. The molecule has 0 spiro atoms. The minimum Gasteiger partial charge on any atom is -0.374 e. The van der Waals surface area contributed by atoms with Crippen molar-refractivity contribution in [3.8, 4) is 0 Å². The Bertz CT molecular complexity index is 122. The predicted octanol–water partition coefficient (Wildman–Crippen LogP) is 0.701. The van der Waals surface area contributed by atoms with E-state index >= 15 is 0 Å². The Morgan fingerprint density at radius 1 is 1.33 bits per heavy atom. The van der Waals surface area contributed by atoms with Crippen LogP contribution in [0.15, 0.2) is 0 Å². The van der Waals surface area contributed by atoms with Crippen molar-refractivity contribution in [2.24, 2.45) is 11.6 Å². The molecule has 0 aliphatic heterocycles. The van der Waals surface area contributed by atoms with Crippen LogP contribution in [-0.4, -0.2) is 12.0 Å². The van der Waals surface area contributed by atoms with E-state index in [9.17, 15) is 4.79 Å². The topological polar surface area (TPSA) is 78.3 Å². The molecule has 0 aromatic rings. The summed E-state index contributed by atoms with van der Waals surface area (Å²) < 4.78 is 0. The first-order valence-electron chi connectivity index (χ1n) is 4.29. The van der Waals surface area contributed by atoms with Crippen molar-refractivity contribution in [1.29, 1.82) is 0 Å². The van der Waals surface area contributed by atoms with Gasteiger partial charge in [-0.2, -0.15) is 5.90 Å². The van der Waals surface area contributed by atoms with E-state index in [0.29, 0.717) is 6.04 Å². The second-order valence-corrected chi connectivity index (χ2v) is 3.01. The molecule has 0 saturated heterocycles. The maximum absolute atomic E-state index is 9.47. The van der Waals surface area contributed by atoms with Crippen LogP contribution in [0.2, 0.25) is 0 Å². The third-order valence-electron chi connectivity index (χ3n) is 1.82. The lowest BCUT2D eigenvalue weighted by molar-refractivity contribution is -0.141. The maximum atomic E-state index is 9.47. The third kappa shape index (κ3) is 7.50.